The molecule has 1 aromatic heterocycles. The largest absolute Gasteiger partial charge is 0.408 e. The maximum Gasteiger partial charge on any atom is 0.315 e. The SMILES string of the molecule is [CH2]C(C)(NC(=S)Nc1cccc(CNc2nnc(C)o2)c1N)c1ccc(F)c(Cl)c1. The van der Waals surface area contributed by atoms with Crippen LogP contribution in [-0.2, 0) is 12.1 Å². The van der Waals surface area contributed by atoms with Gasteiger partial charge in [0.25, 0.3) is 0 Å². The Labute approximate surface area is 184 Å². The van der Waals surface area contributed by atoms with E-state index in [0.29, 0.717) is 40.5 Å². The van der Waals surface area contributed by atoms with Crippen molar-refractivity contribution in [3.05, 3.63) is 71.2 Å². The highest BCUT2D eigenvalue weighted by Gasteiger charge is 2.23. The number of aryl methyl sites for hydroxylation is 1. The third kappa shape index (κ3) is 5.17. The Morgan fingerprint density at radius 2 is 2.10 bits per heavy atom. The Bertz CT molecular complexity index is 1070. The number of thiocarbonyl (C=S) groups is 1. The van der Waals surface area contributed by atoms with Gasteiger partial charge in [-0.3, -0.25) is 0 Å². The van der Waals surface area contributed by atoms with Crippen molar-refractivity contribution in [1.29, 1.82) is 0 Å². The van der Waals surface area contributed by atoms with Gasteiger partial charge in [0.2, 0.25) is 5.89 Å². The number of anilines is 3. The summed E-state index contributed by atoms with van der Waals surface area (Å²) >= 11 is 11.3. The number of aromatic nitrogens is 2. The van der Waals surface area contributed by atoms with Crippen LogP contribution in [0.3, 0.4) is 0 Å². The van der Waals surface area contributed by atoms with E-state index in [1.165, 1.54) is 12.1 Å². The van der Waals surface area contributed by atoms with Crippen LogP contribution in [0.1, 0.15) is 23.9 Å². The molecule has 5 N–H and O–H groups in total. The molecule has 1 unspecified atom stereocenters. The molecule has 10 heteroatoms. The van der Waals surface area contributed by atoms with Gasteiger partial charge in [0.1, 0.15) is 5.82 Å². The molecule has 0 saturated heterocycles. The average Bonchev–Trinajstić information content (AvgIpc) is 3.09. The van der Waals surface area contributed by atoms with Gasteiger partial charge in [0, 0.05) is 13.5 Å². The number of rotatable bonds is 6. The number of nitrogens with one attached hydrogen (secondary N) is 3. The monoisotopic (exact) mass is 447 g/mol. The lowest BCUT2D eigenvalue weighted by atomic mass is 9.94. The lowest BCUT2D eigenvalue weighted by molar-refractivity contribution is 0.530. The molecule has 0 saturated carbocycles. The predicted octanol–water partition coefficient (Wildman–Crippen LogP) is 4.40. The highest BCUT2D eigenvalue weighted by Crippen LogP contribution is 2.26. The van der Waals surface area contributed by atoms with Gasteiger partial charge in [0.15, 0.2) is 5.11 Å². The van der Waals surface area contributed by atoms with Crippen molar-refractivity contribution in [3.8, 4) is 0 Å². The molecule has 1 atom stereocenters. The first-order valence-electron chi connectivity index (χ1n) is 8.97. The van der Waals surface area contributed by atoms with Gasteiger partial charge in [-0.25, -0.2) is 4.39 Å². The molecule has 157 valence electrons. The van der Waals surface area contributed by atoms with Gasteiger partial charge in [-0.1, -0.05) is 34.9 Å². The van der Waals surface area contributed by atoms with Gasteiger partial charge in [-0.15, -0.1) is 5.10 Å². The van der Waals surface area contributed by atoms with Crippen LogP contribution in [-0.4, -0.2) is 15.3 Å². The lowest BCUT2D eigenvalue weighted by Crippen LogP contribution is -2.43. The van der Waals surface area contributed by atoms with Crippen LogP contribution in [0.2, 0.25) is 5.02 Å². The Balaban J connectivity index is 1.67. The number of nitrogens with zero attached hydrogens (tertiary/aromatic N) is 2. The Morgan fingerprint density at radius 1 is 1.33 bits per heavy atom. The molecule has 0 bridgehead atoms. The van der Waals surface area contributed by atoms with Crippen molar-refractivity contribution in [2.45, 2.75) is 25.9 Å². The summed E-state index contributed by atoms with van der Waals surface area (Å²) in [6, 6.07) is 10.2. The molecule has 1 radical (unpaired) electrons. The molecule has 3 aromatic rings. The molecule has 0 aliphatic carbocycles. The van der Waals surface area contributed by atoms with Crippen LogP contribution in [0, 0.1) is 19.7 Å². The van der Waals surface area contributed by atoms with Crippen molar-refractivity contribution in [2.24, 2.45) is 0 Å². The molecule has 0 amide bonds. The van der Waals surface area contributed by atoms with Crippen LogP contribution < -0.4 is 21.7 Å². The smallest absolute Gasteiger partial charge is 0.315 e. The second-order valence-electron chi connectivity index (χ2n) is 6.90. The summed E-state index contributed by atoms with van der Waals surface area (Å²) in [6.07, 6.45) is 0. The van der Waals surface area contributed by atoms with Crippen LogP contribution in [0.5, 0.6) is 0 Å². The minimum absolute atomic E-state index is 0.0175. The fourth-order valence-electron chi connectivity index (χ4n) is 2.73. The fraction of sp³-hybridized carbons (Fsp3) is 0.200. The topological polar surface area (TPSA) is 101 Å². The highest BCUT2D eigenvalue weighted by atomic mass is 35.5. The Hall–Kier alpha value is -2.91. The van der Waals surface area contributed by atoms with Crippen molar-refractivity contribution in [2.75, 3.05) is 16.4 Å². The number of hydrogen-bond acceptors (Lipinski definition) is 6. The van der Waals surface area contributed by atoms with Gasteiger partial charge in [-0.2, -0.15) is 0 Å². The van der Waals surface area contributed by atoms with E-state index in [4.69, 9.17) is 34.0 Å². The van der Waals surface area contributed by atoms with Crippen molar-refractivity contribution in [1.82, 2.24) is 15.5 Å². The first kappa shape index (κ1) is 21.8. The molecule has 7 nitrogen and oxygen atoms in total. The standard InChI is InChI=1S/C20H21ClFN6OS/c1-11-27-28-18(29-11)24-10-12-5-4-6-16(17(12)23)25-19(30)26-20(2,3)13-7-8-15(22)14(21)9-13/h4-9H,2,10,23H2,1,3H3,(H,24,28)(H2,25,26,30). The summed E-state index contributed by atoms with van der Waals surface area (Å²) in [5, 5.41) is 17.2. The fourth-order valence-corrected chi connectivity index (χ4v) is 3.25. The lowest BCUT2D eigenvalue weighted by Gasteiger charge is -2.29. The highest BCUT2D eigenvalue weighted by molar-refractivity contribution is 7.80. The minimum atomic E-state index is -0.842. The zero-order valence-electron chi connectivity index (χ0n) is 16.4. The zero-order valence-corrected chi connectivity index (χ0v) is 18.0. The molecule has 0 aliphatic heterocycles. The molecular weight excluding hydrogens is 427 g/mol. The average molecular weight is 448 g/mol. The number of para-hydroxylation sites is 1. The molecule has 0 aliphatic rings. The van der Waals surface area contributed by atoms with E-state index in [0.717, 1.165) is 5.56 Å². The third-order valence-electron chi connectivity index (χ3n) is 4.35. The van der Waals surface area contributed by atoms with E-state index in [1.54, 1.807) is 26.0 Å². The molecule has 2 aromatic carbocycles. The number of halogens is 2. The normalized spacial score (nSPS) is 11.2. The van der Waals surface area contributed by atoms with E-state index in [9.17, 15) is 4.39 Å². The maximum atomic E-state index is 13.4. The van der Waals surface area contributed by atoms with Crippen molar-refractivity contribution < 1.29 is 8.81 Å². The summed E-state index contributed by atoms with van der Waals surface area (Å²) in [5.74, 6) is -0.0261. The zero-order chi connectivity index (χ0) is 21.9. The molecule has 0 fully saturated rings. The summed E-state index contributed by atoms with van der Waals surface area (Å²) in [5.41, 5.74) is 8.08. The summed E-state index contributed by atoms with van der Waals surface area (Å²) in [7, 11) is 0. The Kier molecular flexibility index (Phi) is 6.42. The molecule has 1 heterocycles. The summed E-state index contributed by atoms with van der Waals surface area (Å²) in [6.45, 7) is 8.02. The quantitative estimate of drug-likeness (QED) is 0.326. The number of hydrogen-bond donors (Lipinski definition) is 4. The Morgan fingerprint density at radius 3 is 2.77 bits per heavy atom. The molecular formula is C20H21ClFN6OS. The number of nitrogens with two attached hydrogens (primary N) is 1. The minimum Gasteiger partial charge on any atom is -0.408 e. The molecule has 0 spiro atoms. The second kappa shape index (κ2) is 8.85. The number of benzene rings is 2. The van der Waals surface area contributed by atoms with Gasteiger partial charge in [0.05, 0.1) is 21.9 Å². The maximum absolute atomic E-state index is 13.4. The van der Waals surface area contributed by atoms with Gasteiger partial charge >= 0.3 is 6.01 Å². The van der Waals surface area contributed by atoms with E-state index in [-0.39, 0.29) is 5.02 Å². The predicted molar refractivity (Wildman–Crippen MR) is 121 cm³/mol. The van der Waals surface area contributed by atoms with Crippen molar-refractivity contribution in [3.63, 3.8) is 0 Å². The first-order chi connectivity index (χ1) is 14.2. The molecule has 3 rings (SSSR count). The van der Waals surface area contributed by atoms with Crippen LogP contribution in [0.25, 0.3) is 0 Å². The first-order valence-corrected chi connectivity index (χ1v) is 9.76. The third-order valence-corrected chi connectivity index (χ3v) is 4.84. The van der Waals surface area contributed by atoms with Crippen LogP contribution in [0.4, 0.5) is 21.8 Å². The summed E-state index contributed by atoms with van der Waals surface area (Å²) in [4.78, 5) is 0. The van der Waals surface area contributed by atoms with Crippen LogP contribution >= 0.6 is 23.8 Å². The number of nitrogen functional groups attached to an aromatic ring is 1. The van der Waals surface area contributed by atoms with E-state index >= 15 is 0 Å². The van der Waals surface area contributed by atoms with Gasteiger partial charge < -0.3 is 26.1 Å². The van der Waals surface area contributed by atoms with E-state index in [1.807, 2.05) is 12.1 Å². The van der Waals surface area contributed by atoms with Gasteiger partial charge in [-0.05, 0) is 55.4 Å². The van der Waals surface area contributed by atoms with E-state index in [2.05, 4.69) is 33.1 Å². The van der Waals surface area contributed by atoms with Crippen molar-refractivity contribution >= 4 is 46.3 Å². The second-order valence-corrected chi connectivity index (χ2v) is 7.71. The molecule has 30 heavy (non-hydrogen) atoms. The summed E-state index contributed by atoms with van der Waals surface area (Å²) < 4.78 is 18.7. The van der Waals surface area contributed by atoms with E-state index < -0.39 is 11.4 Å². The van der Waals surface area contributed by atoms with Crippen LogP contribution in [0.15, 0.2) is 40.8 Å².